The maximum atomic E-state index is 13.3. The van der Waals surface area contributed by atoms with Crippen LogP contribution in [0.4, 0.5) is 10.2 Å². The lowest BCUT2D eigenvalue weighted by Gasteiger charge is -2.10. The zero-order valence-electron chi connectivity index (χ0n) is 20.4. The number of allylic oxidation sites excluding steroid dienone is 1. The van der Waals surface area contributed by atoms with Gasteiger partial charge in [-0.05, 0) is 73.7 Å². The van der Waals surface area contributed by atoms with Gasteiger partial charge in [0.1, 0.15) is 11.6 Å². The van der Waals surface area contributed by atoms with E-state index in [1.807, 2.05) is 12.1 Å². The van der Waals surface area contributed by atoms with E-state index in [2.05, 4.69) is 40.5 Å². The van der Waals surface area contributed by atoms with Crippen molar-refractivity contribution in [1.29, 1.82) is 0 Å². The number of anilines is 1. The van der Waals surface area contributed by atoms with E-state index in [9.17, 15) is 9.18 Å². The molecule has 1 amide bonds. The summed E-state index contributed by atoms with van der Waals surface area (Å²) in [6.07, 6.45) is 10.5. The smallest absolute Gasteiger partial charge is 0.251 e. The summed E-state index contributed by atoms with van der Waals surface area (Å²) in [5, 5.41) is 8.02. The third kappa shape index (κ3) is 7.29. The number of carbonyl (C=O) groups is 1. The van der Waals surface area contributed by atoms with Gasteiger partial charge in [0, 0.05) is 29.1 Å². The highest BCUT2D eigenvalue weighted by Crippen LogP contribution is 2.34. The number of rotatable bonds is 9. The number of hydrogen-bond acceptors (Lipinski definition) is 5. The Hall–Kier alpha value is -3.39. The van der Waals surface area contributed by atoms with Crippen molar-refractivity contribution in [3.8, 4) is 5.69 Å². The lowest BCUT2D eigenvalue weighted by atomic mass is 10.1. The van der Waals surface area contributed by atoms with Crippen LogP contribution in [0.15, 0.2) is 61.4 Å². The molecule has 8 heteroatoms. The van der Waals surface area contributed by atoms with Gasteiger partial charge in [-0.3, -0.25) is 4.79 Å². The highest BCUT2D eigenvalue weighted by atomic mass is 32.2. The molecule has 35 heavy (non-hydrogen) atoms. The van der Waals surface area contributed by atoms with Crippen LogP contribution in [-0.4, -0.2) is 25.9 Å². The molecule has 0 aliphatic heterocycles. The summed E-state index contributed by atoms with van der Waals surface area (Å²) in [6.45, 7) is 10.3. The third-order valence-corrected chi connectivity index (χ3v) is 6.16. The summed E-state index contributed by atoms with van der Waals surface area (Å²) < 4.78 is 18.2. The molecule has 2 N–H and O–H groups in total. The van der Waals surface area contributed by atoms with Crippen molar-refractivity contribution in [2.75, 3.05) is 4.72 Å². The first-order chi connectivity index (χ1) is 17.0. The molecular formula is C27H32FN5OS. The van der Waals surface area contributed by atoms with E-state index in [0.29, 0.717) is 34.3 Å². The van der Waals surface area contributed by atoms with E-state index in [1.54, 1.807) is 60.2 Å². The maximum Gasteiger partial charge on any atom is 0.251 e. The van der Waals surface area contributed by atoms with Crippen LogP contribution in [0, 0.1) is 5.82 Å². The lowest BCUT2D eigenvalue weighted by Crippen LogP contribution is -2.24. The normalized spacial score (nSPS) is 13.0. The Morgan fingerprint density at radius 2 is 1.91 bits per heavy atom. The zero-order chi connectivity index (χ0) is 25.2. The number of pyridine rings is 1. The van der Waals surface area contributed by atoms with Crippen molar-refractivity contribution in [3.63, 3.8) is 0 Å². The second kappa shape index (κ2) is 12.9. The fourth-order valence-electron chi connectivity index (χ4n) is 3.16. The number of aromatic nitrogens is 3. The summed E-state index contributed by atoms with van der Waals surface area (Å²) in [6, 6.07) is 9.85. The molecule has 1 aliphatic carbocycles. The molecular weight excluding hydrogens is 461 g/mol. The standard InChI is InChI=1S/C24H24FN5OS.C3H8/c1-3-20(21-15-28-30(22(21)4-2)18-8-6-17(25)7-9-18)24(31)27-14-16-5-12-23(26-13-16)29-32-19-10-11-19;1-3-2/h3-9,12-13,15,19H,2,10-11,14H2,1H3,(H,26,29)(H,27,31);3H2,1-2H3/b20-3+;. The minimum atomic E-state index is -0.324. The molecule has 2 aromatic heterocycles. The van der Waals surface area contributed by atoms with Gasteiger partial charge in [-0.25, -0.2) is 14.1 Å². The van der Waals surface area contributed by atoms with Gasteiger partial charge in [0.15, 0.2) is 0 Å². The Kier molecular flexibility index (Phi) is 9.66. The fraction of sp³-hybridized carbons (Fsp3) is 0.296. The SMILES string of the molecule is C=Cc1c(/C(=C\C)C(=O)NCc2ccc(NSC3CC3)nc2)cnn1-c1ccc(F)cc1.CCC. The van der Waals surface area contributed by atoms with Crippen molar-refractivity contribution in [2.24, 2.45) is 0 Å². The molecule has 3 aromatic rings. The van der Waals surface area contributed by atoms with Crippen LogP contribution in [0.2, 0.25) is 0 Å². The maximum absolute atomic E-state index is 13.3. The molecule has 1 aliphatic rings. The molecule has 0 radical (unpaired) electrons. The number of nitrogens with one attached hydrogen (secondary N) is 2. The van der Waals surface area contributed by atoms with Crippen molar-refractivity contribution in [1.82, 2.24) is 20.1 Å². The van der Waals surface area contributed by atoms with Gasteiger partial charge in [-0.15, -0.1) is 0 Å². The van der Waals surface area contributed by atoms with Crippen LogP contribution in [0.1, 0.15) is 56.9 Å². The summed E-state index contributed by atoms with van der Waals surface area (Å²) in [7, 11) is 0. The van der Waals surface area contributed by atoms with Crippen LogP contribution in [0.3, 0.4) is 0 Å². The molecule has 1 aromatic carbocycles. The molecule has 1 saturated carbocycles. The first kappa shape index (κ1) is 26.2. The molecule has 6 nitrogen and oxygen atoms in total. The number of benzene rings is 1. The van der Waals surface area contributed by atoms with Crippen molar-refractivity contribution < 1.29 is 9.18 Å². The quantitative estimate of drug-likeness (QED) is 0.266. The largest absolute Gasteiger partial charge is 0.348 e. The van der Waals surface area contributed by atoms with E-state index < -0.39 is 0 Å². The van der Waals surface area contributed by atoms with Gasteiger partial charge in [0.2, 0.25) is 0 Å². The first-order valence-corrected chi connectivity index (χ1v) is 12.7. The van der Waals surface area contributed by atoms with Gasteiger partial charge in [0.05, 0.1) is 17.6 Å². The second-order valence-electron chi connectivity index (χ2n) is 8.10. The molecule has 4 rings (SSSR count). The molecule has 0 unspecified atom stereocenters. The number of carbonyl (C=O) groups excluding carboxylic acids is 1. The topological polar surface area (TPSA) is 71.8 Å². The minimum absolute atomic E-state index is 0.222. The van der Waals surface area contributed by atoms with Crippen molar-refractivity contribution in [2.45, 2.75) is 51.8 Å². The molecule has 2 heterocycles. The summed E-state index contributed by atoms with van der Waals surface area (Å²) in [5.74, 6) is 0.269. The molecule has 0 saturated heterocycles. The molecule has 0 spiro atoms. The van der Waals surface area contributed by atoms with E-state index in [-0.39, 0.29) is 11.7 Å². The number of hydrogen-bond donors (Lipinski definition) is 2. The van der Waals surface area contributed by atoms with E-state index in [0.717, 1.165) is 11.4 Å². The molecule has 1 fully saturated rings. The fourth-order valence-corrected chi connectivity index (χ4v) is 3.94. The number of nitrogens with zero attached hydrogens (tertiary/aromatic N) is 3. The Bertz CT molecular complexity index is 1150. The Labute approximate surface area is 210 Å². The lowest BCUT2D eigenvalue weighted by molar-refractivity contribution is -0.115. The average molecular weight is 494 g/mol. The summed E-state index contributed by atoms with van der Waals surface area (Å²) >= 11 is 1.70. The molecule has 0 atom stereocenters. The van der Waals surface area contributed by atoms with E-state index in [4.69, 9.17) is 0 Å². The van der Waals surface area contributed by atoms with Gasteiger partial charge in [-0.2, -0.15) is 5.10 Å². The van der Waals surface area contributed by atoms with Crippen LogP contribution in [-0.2, 0) is 11.3 Å². The van der Waals surface area contributed by atoms with E-state index >= 15 is 0 Å². The Morgan fingerprint density at radius 3 is 2.49 bits per heavy atom. The van der Waals surface area contributed by atoms with Crippen LogP contribution in [0.5, 0.6) is 0 Å². The van der Waals surface area contributed by atoms with Gasteiger partial charge >= 0.3 is 0 Å². The molecule has 0 bridgehead atoms. The van der Waals surface area contributed by atoms with Gasteiger partial charge in [0.25, 0.3) is 5.91 Å². The highest BCUT2D eigenvalue weighted by molar-refractivity contribution is 8.01. The minimum Gasteiger partial charge on any atom is -0.348 e. The highest BCUT2D eigenvalue weighted by Gasteiger charge is 2.22. The number of amides is 1. The monoisotopic (exact) mass is 493 g/mol. The van der Waals surface area contributed by atoms with Crippen molar-refractivity contribution in [3.05, 3.63) is 84.1 Å². The number of halogens is 1. The van der Waals surface area contributed by atoms with Crippen LogP contribution < -0.4 is 10.0 Å². The van der Waals surface area contributed by atoms with Crippen LogP contribution in [0.25, 0.3) is 17.3 Å². The zero-order valence-corrected chi connectivity index (χ0v) is 21.2. The van der Waals surface area contributed by atoms with Crippen LogP contribution >= 0.6 is 11.9 Å². The Balaban J connectivity index is 0.00000108. The Morgan fingerprint density at radius 1 is 1.20 bits per heavy atom. The average Bonchev–Trinajstić information content (AvgIpc) is 3.61. The van der Waals surface area contributed by atoms with E-state index in [1.165, 1.54) is 31.4 Å². The summed E-state index contributed by atoms with van der Waals surface area (Å²) in [4.78, 5) is 17.3. The third-order valence-electron chi connectivity index (χ3n) is 5.03. The van der Waals surface area contributed by atoms with Gasteiger partial charge in [-0.1, -0.05) is 39.0 Å². The second-order valence-corrected chi connectivity index (χ2v) is 9.21. The predicted octanol–water partition coefficient (Wildman–Crippen LogP) is 6.41. The first-order valence-electron chi connectivity index (χ1n) is 11.8. The molecule has 184 valence electrons. The predicted molar refractivity (Wildman–Crippen MR) is 144 cm³/mol. The van der Waals surface area contributed by atoms with Gasteiger partial charge < -0.3 is 10.0 Å². The summed E-state index contributed by atoms with van der Waals surface area (Å²) in [5.41, 5.74) is 3.38. The van der Waals surface area contributed by atoms with Crippen molar-refractivity contribution >= 4 is 35.3 Å².